The van der Waals surface area contributed by atoms with Gasteiger partial charge in [0.05, 0.1) is 12.2 Å². The topological polar surface area (TPSA) is 88.5 Å². The van der Waals surface area contributed by atoms with Crippen molar-refractivity contribution >= 4 is 5.97 Å². The molecule has 3 aliphatic heterocycles. The SMILES string of the molecule is CC(=O)O[C@@H]1C[C@@H]2[C@@H](/C(C)=C/[C@H](O)[C@@H]3OC3(C)C)CC[C@@]2(C)[C@]2(C)CC[C@H]3C(C)(C)[C@]4(O)CC[C@]3(CO4)[C@@H]12. The molecule has 2 N–H and O–H groups in total. The van der Waals surface area contributed by atoms with E-state index in [1.165, 1.54) is 5.57 Å². The maximum atomic E-state index is 12.6. The van der Waals surface area contributed by atoms with Gasteiger partial charge < -0.3 is 24.4 Å². The molecule has 214 valence electrons. The second-order valence-corrected chi connectivity index (χ2v) is 15.6. The zero-order valence-electron chi connectivity index (χ0n) is 24.8. The minimum Gasteiger partial charge on any atom is -0.462 e. The van der Waals surface area contributed by atoms with Crippen LogP contribution in [0.15, 0.2) is 11.6 Å². The van der Waals surface area contributed by atoms with Crippen molar-refractivity contribution in [3.05, 3.63) is 11.6 Å². The van der Waals surface area contributed by atoms with Crippen LogP contribution in [0.5, 0.6) is 0 Å². The molecule has 38 heavy (non-hydrogen) atoms. The fourth-order valence-corrected chi connectivity index (χ4v) is 11.3. The number of carbonyl (C=O) groups excluding carboxylic acids is 1. The highest BCUT2D eigenvalue weighted by atomic mass is 16.6. The number of aliphatic hydroxyl groups is 2. The average molecular weight is 531 g/mol. The van der Waals surface area contributed by atoms with E-state index in [4.69, 9.17) is 14.2 Å². The van der Waals surface area contributed by atoms with E-state index >= 15 is 0 Å². The summed E-state index contributed by atoms with van der Waals surface area (Å²) in [5, 5.41) is 22.3. The van der Waals surface area contributed by atoms with E-state index in [1.807, 2.05) is 19.9 Å². The molecule has 3 saturated heterocycles. The molecule has 0 radical (unpaired) electrons. The summed E-state index contributed by atoms with van der Waals surface area (Å²) in [6.07, 6.45) is 7.98. The van der Waals surface area contributed by atoms with Crippen LogP contribution in [0.2, 0.25) is 0 Å². The van der Waals surface area contributed by atoms with Crippen LogP contribution in [0.4, 0.5) is 0 Å². The van der Waals surface area contributed by atoms with Gasteiger partial charge in [-0.2, -0.15) is 0 Å². The molecule has 7 aliphatic rings. The maximum Gasteiger partial charge on any atom is 0.302 e. The molecule has 6 nitrogen and oxygen atoms in total. The highest BCUT2D eigenvalue weighted by Crippen LogP contribution is 2.78. The summed E-state index contributed by atoms with van der Waals surface area (Å²) in [5.74, 6) is 0.0282. The fraction of sp³-hybridized carbons (Fsp3) is 0.906. The van der Waals surface area contributed by atoms with Crippen LogP contribution in [-0.2, 0) is 19.0 Å². The molecule has 4 saturated carbocycles. The van der Waals surface area contributed by atoms with Gasteiger partial charge in [0.2, 0.25) is 0 Å². The van der Waals surface area contributed by atoms with Gasteiger partial charge in [-0.3, -0.25) is 4.79 Å². The van der Waals surface area contributed by atoms with Crippen molar-refractivity contribution in [2.24, 2.45) is 45.3 Å². The molecule has 0 aromatic rings. The van der Waals surface area contributed by atoms with E-state index < -0.39 is 11.9 Å². The van der Waals surface area contributed by atoms with Crippen LogP contribution < -0.4 is 0 Å². The Morgan fingerprint density at radius 2 is 1.66 bits per heavy atom. The van der Waals surface area contributed by atoms with Crippen LogP contribution >= 0.6 is 0 Å². The van der Waals surface area contributed by atoms with Crippen molar-refractivity contribution in [2.45, 2.75) is 130 Å². The van der Waals surface area contributed by atoms with Crippen molar-refractivity contribution in [1.82, 2.24) is 0 Å². The second-order valence-electron chi connectivity index (χ2n) is 15.6. The van der Waals surface area contributed by atoms with E-state index in [2.05, 4.69) is 34.6 Å². The predicted molar refractivity (Wildman–Crippen MR) is 144 cm³/mol. The number of ether oxygens (including phenoxy) is 3. The third-order valence-corrected chi connectivity index (χ3v) is 13.5. The van der Waals surface area contributed by atoms with Gasteiger partial charge in [0.1, 0.15) is 18.3 Å². The lowest BCUT2D eigenvalue weighted by molar-refractivity contribution is -0.404. The molecule has 7 fully saturated rings. The molecule has 0 aromatic heterocycles. The molecule has 3 heterocycles. The number of hydrogen-bond acceptors (Lipinski definition) is 6. The molecular formula is C32H50O6. The van der Waals surface area contributed by atoms with Gasteiger partial charge in [-0.15, -0.1) is 0 Å². The molecule has 7 rings (SSSR count). The zero-order valence-corrected chi connectivity index (χ0v) is 24.8. The van der Waals surface area contributed by atoms with Gasteiger partial charge in [-0.25, -0.2) is 0 Å². The van der Waals surface area contributed by atoms with Crippen molar-refractivity contribution in [3.63, 3.8) is 0 Å². The smallest absolute Gasteiger partial charge is 0.302 e. The molecular weight excluding hydrogens is 480 g/mol. The number of carbonyl (C=O) groups is 1. The summed E-state index contributed by atoms with van der Waals surface area (Å²) >= 11 is 0. The van der Waals surface area contributed by atoms with Crippen molar-refractivity contribution in [1.29, 1.82) is 0 Å². The molecule has 6 heteroatoms. The quantitative estimate of drug-likeness (QED) is 0.288. The van der Waals surface area contributed by atoms with Crippen LogP contribution in [0, 0.1) is 45.3 Å². The van der Waals surface area contributed by atoms with E-state index in [0.717, 1.165) is 38.5 Å². The lowest BCUT2D eigenvalue weighted by atomic mass is 9.33. The van der Waals surface area contributed by atoms with Gasteiger partial charge in [0.25, 0.3) is 0 Å². The number of allylic oxidation sites excluding steroid dienone is 1. The summed E-state index contributed by atoms with van der Waals surface area (Å²) in [6.45, 7) is 17.7. The highest BCUT2D eigenvalue weighted by Gasteiger charge is 2.76. The van der Waals surface area contributed by atoms with Crippen LogP contribution in [0.25, 0.3) is 0 Å². The Balaban J connectivity index is 1.38. The number of hydrogen-bond donors (Lipinski definition) is 2. The first kappa shape index (κ1) is 27.2. The van der Waals surface area contributed by atoms with Gasteiger partial charge in [-0.1, -0.05) is 39.3 Å². The third-order valence-electron chi connectivity index (χ3n) is 13.5. The zero-order chi connectivity index (χ0) is 27.7. The lowest BCUT2D eigenvalue weighted by Gasteiger charge is -2.74. The molecule has 2 bridgehead atoms. The first-order valence-electron chi connectivity index (χ1n) is 15.1. The Morgan fingerprint density at radius 1 is 1.00 bits per heavy atom. The number of aliphatic hydroxyl groups excluding tert-OH is 1. The van der Waals surface area contributed by atoms with Gasteiger partial charge in [0.15, 0.2) is 5.79 Å². The summed E-state index contributed by atoms with van der Waals surface area (Å²) in [4.78, 5) is 12.6. The molecule has 0 amide bonds. The van der Waals surface area contributed by atoms with Crippen molar-refractivity contribution in [3.8, 4) is 0 Å². The van der Waals surface area contributed by atoms with Crippen molar-refractivity contribution in [2.75, 3.05) is 6.61 Å². The molecule has 0 aromatic carbocycles. The number of fused-ring (bicyclic) bond motifs is 5. The molecule has 11 atom stereocenters. The van der Waals surface area contributed by atoms with E-state index in [1.54, 1.807) is 6.92 Å². The van der Waals surface area contributed by atoms with Gasteiger partial charge in [0, 0.05) is 30.1 Å². The highest BCUT2D eigenvalue weighted by molar-refractivity contribution is 5.66. The first-order chi connectivity index (χ1) is 17.5. The van der Waals surface area contributed by atoms with E-state index in [9.17, 15) is 15.0 Å². The Morgan fingerprint density at radius 3 is 2.24 bits per heavy atom. The summed E-state index contributed by atoms with van der Waals surface area (Å²) in [7, 11) is 0. The number of esters is 1. The first-order valence-corrected chi connectivity index (χ1v) is 15.1. The molecule has 4 aliphatic carbocycles. The Bertz CT molecular complexity index is 1040. The fourth-order valence-electron chi connectivity index (χ4n) is 11.3. The third kappa shape index (κ3) is 3.36. The van der Waals surface area contributed by atoms with E-state index in [0.29, 0.717) is 30.8 Å². The summed E-state index contributed by atoms with van der Waals surface area (Å²) < 4.78 is 18.4. The van der Waals surface area contributed by atoms with E-state index in [-0.39, 0.29) is 51.4 Å². The minimum atomic E-state index is -1.06. The normalized spacial score (nSPS) is 52.9. The second kappa shape index (κ2) is 8.08. The van der Waals surface area contributed by atoms with Crippen LogP contribution in [-0.4, -0.2) is 52.5 Å². The van der Waals surface area contributed by atoms with Crippen molar-refractivity contribution < 1.29 is 29.2 Å². The minimum absolute atomic E-state index is 0.00594. The Hall–Kier alpha value is -0.950. The van der Waals surface area contributed by atoms with Gasteiger partial charge in [-0.05, 0) is 87.9 Å². The van der Waals surface area contributed by atoms with Crippen LogP contribution in [0.3, 0.4) is 0 Å². The molecule has 1 spiro atoms. The number of epoxide rings is 1. The monoisotopic (exact) mass is 530 g/mol. The molecule has 0 unspecified atom stereocenters. The Kier molecular flexibility index (Phi) is 5.79. The standard InChI is InChI=1S/C32H50O6/c1-18(15-22(34)26-28(5,6)38-26)20-9-11-29(7)21(20)16-23(37-19(2)33)25-30(29,8)12-10-24-27(3,4)32(35)14-13-31(24,25)17-36-32/h15,20-26,34-35H,9-14,16-17H2,1-8H3/b18-15+/t20-,21-,22+,23-,24+,25+,26+,29-,30-,31-,32+/m1/s1. The van der Waals surface area contributed by atoms with Gasteiger partial charge >= 0.3 is 5.97 Å². The Labute approximate surface area is 228 Å². The largest absolute Gasteiger partial charge is 0.462 e. The van der Waals surface area contributed by atoms with Crippen LogP contribution in [0.1, 0.15) is 100 Å². The summed E-state index contributed by atoms with van der Waals surface area (Å²) in [6, 6.07) is 0. The lowest BCUT2D eigenvalue weighted by Crippen LogP contribution is -2.75. The average Bonchev–Trinajstić information content (AvgIpc) is 3.31. The summed E-state index contributed by atoms with van der Waals surface area (Å²) in [5.41, 5.74) is 0.653. The predicted octanol–water partition coefficient (Wildman–Crippen LogP) is 5.40. The maximum absolute atomic E-state index is 12.6. The number of rotatable bonds is 4.